The first-order chi connectivity index (χ1) is 7.11. The highest BCUT2D eigenvalue weighted by Gasteiger charge is 2.12. The molecule has 6 heteroatoms. The lowest BCUT2D eigenvalue weighted by Gasteiger charge is -2.01. The lowest BCUT2D eigenvalue weighted by Crippen LogP contribution is -2.20. The van der Waals surface area contributed by atoms with Crippen molar-refractivity contribution in [3.8, 4) is 0 Å². The third kappa shape index (κ3) is 3.85. The normalized spacial score (nSPS) is 12.6. The minimum absolute atomic E-state index is 0.167. The second-order valence-corrected chi connectivity index (χ2v) is 4.57. The van der Waals surface area contributed by atoms with Gasteiger partial charge in [0.05, 0.1) is 12.8 Å². The third-order valence-electron chi connectivity index (χ3n) is 1.83. The number of furan rings is 1. The van der Waals surface area contributed by atoms with Gasteiger partial charge in [-0.3, -0.25) is 4.21 Å². The molecule has 0 aromatic carbocycles. The molecule has 0 amide bonds. The van der Waals surface area contributed by atoms with Gasteiger partial charge in [0.15, 0.2) is 0 Å². The van der Waals surface area contributed by atoms with E-state index in [0.717, 1.165) is 0 Å². The molecule has 0 saturated heterocycles. The van der Waals surface area contributed by atoms with Gasteiger partial charge in [-0.2, -0.15) is 0 Å². The van der Waals surface area contributed by atoms with Gasteiger partial charge in [0.25, 0.3) is 0 Å². The maximum absolute atomic E-state index is 10.7. The van der Waals surface area contributed by atoms with Crippen LogP contribution in [0.25, 0.3) is 0 Å². The molecule has 1 atom stereocenters. The molecule has 0 radical (unpaired) electrons. The average molecular weight is 231 g/mol. The SMILES string of the molecule is CS(=O)CCNCc1occc1C(=O)O. The van der Waals surface area contributed by atoms with E-state index in [2.05, 4.69) is 5.32 Å². The Morgan fingerprint density at radius 2 is 2.40 bits per heavy atom. The molecule has 0 saturated carbocycles. The van der Waals surface area contributed by atoms with E-state index in [4.69, 9.17) is 9.52 Å². The Balaban J connectivity index is 2.40. The molecule has 0 fully saturated rings. The number of aromatic carboxylic acids is 1. The van der Waals surface area contributed by atoms with E-state index < -0.39 is 16.8 Å². The molecule has 1 aromatic rings. The molecule has 0 bridgehead atoms. The molecule has 15 heavy (non-hydrogen) atoms. The van der Waals surface area contributed by atoms with Gasteiger partial charge in [-0.05, 0) is 6.07 Å². The average Bonchev–Trinajstić information content (AvgIpc) is 2.60. The topological polar surface area (TPSA) is 79.5 Å². The van der Waals surface area contributed by atoms with Crippen molar-refractivity contribution in [3.05, 3.63) is 23.7 Å². The summed E-state index contributed by atoms with van der Waals surface area (Å²) in [6.07, 6.45) is 2.97. The molecule has 1 unspecified atom stereocenters. The summed E-state index contributed by atoms with van der Waals surface area (Å²) in [5, 5.41) is 11.7. The number of carbonyl (C=O) groups is 1. The first kappa shape index (κ1) is 11.9. The van der Waals surface area contributed by atoms with Crippen LogP contribution in [0.4, 0.5) is 0 Å². The maximum Gasteiger partial charge on any atom is 0.339 e. The first-order valence-corrected chi connectivity index (χ1v) is 6.14. The Morgan fingerprint density at radius 1 is 1.67 bits per heavy atom. The van der Waals surface area contributed by atoms with Gasteiger partial charge in [0.1, 0.15) is 11.3 Å². The highest BCUT2D eigenvalue weighted by atomic mass is 32.2. The van der Waals surface area contributed by atoms with Crippen molar-refractivity contribution in [3.63, 3.8) is 0 Å². The molecule has 5 nitrogen and oxygen atoms in total. The molecular weight excluding hydrogens is 218 g/mol. The van der Waals surface area contributed by atoms with Crippen LogP contribution in [0.2, 0.25) is 0 Å². The standard InChI is InChI=1S/C9H13NO4S/c1-15(13)5-3-10-6-8-7(9(11)12)2-4-14-8/h2,4,10H,3,5-6H2,1H3,(H,11,12). The summed E-state index contributed by atoms with van der Waals surface area (Å²) in [6.45, 7) is 0.911. The Bertz CT molecular complexity index is 361. The zero-order chi connectivity index (χ0) is 11.3. The van der Waals surface area contributed by atoms with Gasteiger partial charge < -0.3 is 14.8 Å². The van der Waals surface area contributed by atoms with Crippen molar-refractivity contribution in [1.82, 2.24) is 5.32 Å². The molecule has 0 aliphatic rings. The number of hydrogen-bond acceptors (Lipinski definition) is 4. The fourth-order valence-electron chi connectivity index (χ4n) is 1.09. The fourth-order valence-corrected chi connectivity index (χ4v) is 1.52. The lowest BCUT2D eigenvalue weighted by atomic mass is 10.2. The van der Waals surface area contributed by atoms with Crippen LogP contribution in [-0.2, 0) is 17.3 Å². The van der Waals surface area contributed by atoms with Crippen molar-refractivity contribution in [2.45, 2.75) is 6.54 Å². The van der Waals surface area contributed by atoms with Gasteiger partial charge in [-0.25, -0.2) is 4.79 Å². The van der Waals surface area contributed by atoms with E-state index in [1.165, 1.54) is 12.3 Å². The number of carboxylic acid groups (broad SMARTS) is 1. The molecule has 84 valence electrons. The van der Waals surface area contributed by atoms with Crippen LogP contribution in [0.3, 0.4) is 0 Å². The molecular formula is C9H13NO4S. The fraction of sp³-hybridized carbons (Fsp3) is 0.444. The maximum atomic E-state index is 10.7. The van der Waals surface area contributed by atoms with E-state index >= 15 is 0 Å². The minimum atomic E-state index is -1.00. The van der Waals surface area contributed by atoms with Crippen LogP contribution >= 0.6 is 0 Å². The molecule has 0 aliphatic heterocycles. The molecule has 0 aliphatic carbocycles. The summed E-state index contributed by atoms with van der Waals surface area (Å²) in [4.78, 5) is 10.7. The zero-order valence-electron chi connectivity index (χ0n) is 8.36. The van der Waals surface area contributed by atoms with Crippen molar-refractivity contribution in [2.24, 2.45) is 0 Å². The predicted molar refractivity (Wildman–Crippen MR) is 56.3 cm³/mol. The number of carboxylic acids is 1. The Morgan fingerprint density at radius 3 is 3.00 bits per heavy atom. The Hall–Kier alpha value is -1.14. The summed E-state index contributed by atoms with van der Waals surface area (Å²) in [5.41, 5.74) is 0.167. The van der Waals surface area contributed by atoms with E-state index in [-0.39, 0.29) is 5.56 Å². The summed E-state index contributed by atoms with van der Waals surface area (Å²) >= 11 is 0. The summed E-state index contributed by atoms with van der Waals surface area (Å²) < 4.78 is 15.7. The Kier molecular flexibility index (Phi) is 4.51. The lowest BCUT2D eigenvalue weighted by molar-refractivity contribution is 0.0694. The highest BCUT2D eigenvalue weighted by Crippen LogP contribution is 2.09. The molecule has 0 spiro atoms. The van der Waals surface area contributed by atoms with Crippen molar-refractivity contribution >= 4 is 16.8 Å². The van der Waals surface area contributed by atoms with Gasteiger partial charge in [0, 0.05) is 29.4 Å². The summed E-state index contributed by atoms with van der Waals surface area (Å²) in [7, 11) is -0.837. The van der Waals surface area contributed by atoms with Crippen LogP contribution < -0.4 is 5.32 Å². The first-order valence-electron chi connectivity index (χ1n) is 4.41. The van der Waals surface area contributed by atoms with Gasteiger partial charge in [-0.15, -0.1) is 0 Å². The number of hydrogen-bond donors (Lipinski definition) is 2. The van der Waals surface area contributed by atoms with Crippen molar-refractivity contribution in [1.29, 1.82) is 0 Å². The van der Waals surface area contributed by atoms with Crippen LogP contribution in [0.1, 0.15) is 16.1 Å². The van der Waals surface area contributed by atoms with Crippen molar-refractivity contribution < 1.29 is 18.5 Å². The minimum Gasteiger partial charge on any atom is -0.478 e. The summed E-state index contributed by atoms with van der Waals surface area (Å²) in [5.74, 6) is -0.0626. The van der Waals surface area contributed by atoms with E-state index in [1.54, 1.807) is 6.26 Å². The van der Waals surface area contributed by atoms with Gasteiger partial charge in [0.2, 0.25) is 0 Å². The molecule has 2 N–H and O–H groups in total. The number of nitrogens with one attached hydrogen (secondary N) is 1. The molecule has 1 heterocycles. The largest absolute Gasteiger partial charge is 0.478 e. The predicted octanol–water partition coefficient (Wildman–Crippen LogP) is 0.446. The molecule has 1 rings (SSSR count). The second kappa shape index (κ2) is 5.67. The van der Waals surface area contributed by atoms with Crippen LogP contribution in [0.5, 0.6) is 0 Å². The van der Waals surface area contributed by atoms with E-state index in [1.807, 2.05) is 0 Å². The monoisotopic (exact) mass is 231 g/mol. The number of rotatable bonds is 6. The Labute approximate surface area is 89.9 Å². The zero-order valence-corrected chi connectivity index (χ0v) is 9.17. The van der Waals surface area contributed by atoms with Crippen molar-refractivity contribution in [2.75, 3.05) is 18.6 Å². The van der Waals surface area contributed by atoms with E-state index in [9.17, 15) is 9.00 Å². The quantitative estimate of drug-likeness (QED) is 0.695. The highest BCUT2D eigenvalue weighted by molar-refractivity contribution is 7.84. The van der Waals surface area contributed by atoms with Crippen LogP contribution in [0, 0.1) is 0 Å². The smallest absolute Gasteiger partial charge is 0.339 e. The van der Waals surface area contributed by atoms with Gasteiger partial charge in [-0.1, -0.05) is 0 Å². The second-order valence-electron chi connectivity index (χ2n) is 3.02. The third-order valence-corrected chi connectivity index (χ3v) is 2.61. The van der Waals surface area contributed by atoms with Gasteiger partial charge >= 0.3 is 5.97 Å². The van der Waals surface area contributed by atoms with Crippen LogP contribution in [-0.4, -0.2) is 33.8 Å². The van der Waals surface area contributed by atoms with Crippen LogP contribution in [0.15, 0.2) is 16.7 Å². The molecule has 1 aromatic heterocycles. The van der Waals surface area contributed by atoms with E-state index in [0.29, 0.717) is 24.6 Å². The summed E-state index contributed by atoms with van der Waals surface area (Å²) in [6, 6.07) is 1.41.